The van der Waals surface area contributed by atoms with Gasteiger partial charge in [-0.3, -0.25) is 9.69 Å². The molecule has 1 aromatic heterocycles. The molecule has 2 aliphatic rings. The van der Waals surface area contributed by atoms with E-state index in [0.29, 0.717) is 13.2 Å². The van der Waals surface area contributed by atoms with E-state index in [4.69, 9.17) is 9.47 Å². The number of hydrogen-bond donors (Lipinski definition) is 1. The maximum atomic E-state index is 12.0. The third-order valence-electron chi connectivity index (χ3n) is 5.57. The van der Waals surface area contributed by atoms with Crippen molar-refractivity contribution in [3.63, 3.8) is 0 Å². The fraction of sp³-hybridized carbons (Fsp3) is 0.571. The summed E-state index contributed by atoms with van der Waals surface area (Å²) in [5.74, 6) is 3.77. The highest BCUT2D eigenvalue weighted by atomic mass is 16.7. The number of ether oxygens (including phenoxy) is 2. The van der Waals surface area contributed by atoms with Crippen LogP contribution in [0.25, 0.3) is 0 Å². The Morgan fingerprint density at radius 3 is 2.79 bits per heavy atom. The Morgan fingerprint density at radius 2 is 2.00 bits per heavy atom. The number of rotatable bonds is 6. The number of nitrogens with one attached hydrogen (secondary N) is 1. The number of benzene rings is 1. The summed E-state index contributed by atoms with van der Waals surface area (Å²) in [7, 11) is 0. The predicted octanol–water partition coefficient (Wildman–Crippen LogP) is 2.29. The summed E-state index contributed by atoms with van der Waals surface area (Å²) < 4.78 is 13.1. The second kappa shape index (κ2) is 8.41. The topological polar surface area (TPSA) is 81.5 Å². The molecule has 1 atom stereocenters. The summed E-state index contributed by atoms with van der Waals surface area (Å²) in [6, 6.07) is 6.02. The van der Waals surface area contributed by atoms with Crippen molar-refractivity contribution in [1.82, 2.24) is 25.0 Å². The van der Waals surface area contributed by atoms with Crippen LogP contribution in [0.1, 0.15) is 50.4 Å². The summed E-state index contributed by atoms with van der Waals surface area (Å²) in [5.41, 5.74) is 1.21. The van der Waals surface area contributed by atoms with Crippen molar-refractivity contribution in [1.29, 1.82) is 0 Å². The summed E-state index contributed by atoms with van der Waals surface area (Å²) in [6.07, 6.45) is 1.30. The SMILES string of the molecule is CCC(=O)N[C@H](c1nnc2n1CCN(Cc1ccc3c(c1)OCO3)CC2)C(C)C. The van der Waals surface area contributed by atoms with Gasteiger partial charge in [-0.15, -0.1) is 10.2 Å². The molecule has 2 aromatic rings. The number of fused-ring (bicyclic) bond motifs is 2. The number of aromatic nitrogens is 3. The molecule has 0 unspecified atom stereocenters. The predicted molar refractivity (Wildman–Crippen MR) is 108 cm³/mol. The quantitative estimate of drug-likeness (QED) is 0.803. The Hall–Kier alpha value is -2.61. The fourth-order valence-corrected chi connectivity index (χ4v) is 3.88. The molecule has 29 heavy (non-hydrogen) atoms. The van der Waals surface area contributed by atoms with Crippen LogP contribution < -0.4 is 14.8 Å². The maximum Gasteiger partial charge on any atom is 0.231 e. The van der Waals surface area contributed by atoms with Gasteiger partial charge in [0, 0.05) is 39.0 Å². The van der Waals surface area contributed by atoms with Crippen LogP contribution in [0.2, 0.25) is 0 Å². The highest BCUT2D eigenvalue weighted by Crippen LogP contribution is 2.33. The molecule has 1 N–H and O–H groups in total. The smallest absolute Gasteiger partial charge is 0.231 e. The van der Waals surface area contributed by atoms with Gasteiger partial charge in [-0.1, -0.05) is 26.8 Å². The number of nitrogens with zero attached hydrogens (tertiary/aromatic N) is 4. The van der Waals surface area contributed by atoms with Crippen molar-refractivity contribution in [2.24, 2.45) is 5.92 Å². The highest BCUT2D eigenvalue weighted by molar-refractivity contribution is 5.75. The Balaban J connectivity index is 1.46. The molecular weight excluding hydrogens is 370 g/mol. The lowest BCUT2D eigenvalue weighted by molar-refractivity contribution is -0.121. The fourth-order valence-electron chi connectivity index (χ4n) is 3.88. The van der Waals surface area contributed by atoms with Crippen LogP contribution in [0.15, 0.2) is 18.2 Å². The van der Waals surface area contributed by atoms with Crippen molar-refractivity contribution < 1.29 is 14.3 Å². The molecule has 2 aliphatic heterocycles. The molecule has 8 heteroatoms. The molecule has 0 spiro atoms. The zero-order chi connectivity index (χ0) is 20.4. The summed E-state index contributed by atoms with van der Waals surface area (Å²) in [4.78, 5) is 14.4. The summed E-state index contributed by atoms with van der Waals surface area (Å²) in [5, 5.41) is 12.0. The van der Waals surface area contributed by atoms with Crippen molar-refractivity contribution in [3.8, 4) is 11.5 Å². The first-order chi connectivity index (χ1) is 14.0. The zero-order valence-electron chi connectivity index (χ0n) is 17.4. The van der Waals surface area contributed by atoms with E-state index >= 15 is 0 Å². The minimum absolute atomic E-state index is 0.0408. The molecule has 0 fully saturated rings. The van der Waals surface area contributed by atoms with Crippen molar-refractivity contribution in [2.45, 2.75) is 52.7 Å². The van der Waals surface area contributed by atoms with Crippen LogP contribution >= 0.6 is 0 Å². The first-order valence-corrected chi connectivity index (χ1v) is 10.4. The molecule has 4 rings (SSSR count). The second-order valence-corrected chi connectivity index (χ2v) is 7.98. The molecule has 0 saturated carbocycles. The third kappa shape index (κ3) is 4.22. The number of amides is 1. The minimum Gasteiger partial charge on any atom is -0.454 e. The van der Waals surface area contributed by atoms with E-state index in [1.54, 1.807) is 0 Å². The molecule has 156 valence electrons. The van der Waals surface area contributed by atoms with Crippen molar-refractivity contribution in [3.05, 3.63) is 35.4 Å². The van der Waals surface area contributed by atoms with Crippen molar-refractivity contribution in [2.75, 3.05) is 19.9 Å². The Labute approximate surface area is 171 Å². The zero-order valence-corrected chi connectivity index (χ0v) is 17.4. The van der Waals surface area contributed by atoms with E-state index < -0.39 is 0 Å². The van der Waals surface area contributed by atoms with E-state index in [-0.39, 0.29) is 17.9 Å². The monoisotopic (exact) mass is 399 g/mol. The van der Waals surface area contributed by atoms with Gasteiger partial charge in [-0.2, -0.15) is 0 Å². The molecular formula is C21H29N5O3. The van der Waals surface area contributed by atoms with E-state index in [1.807, 2.05) is 13.0 Å². The number of hydrogen-bond acceptors (Lipinski definition) is 6. The summed E-state index contributed by atoms with van der Waals surface area (Å²) >= 11 is 0. The van der Waals surface area contributed by atoms with Crippen LogP contribution in [0, 0.1) is 5.92 Å². The van der Waals surface area contributed by atoms with Crippen LogP contribution in [0.4, 0.5) is 0 Å². The molecule has 0 aliphatic carbocycles. The molecule has 0 saturated heterocycles. The van der Waals surface area contributed by atoms with Crippen LogP contribution in [-0.4, -0.2) is 45.5 Å². The van der Waals surface area contributed by atoms with E-state index in [2.05, 4.69) is 51.0 Å². The van der Waals surface area contributed by atoms with Crippen LogP contribution in [0.5, 0.6) is 11.5 Å². The normalized spacial score (nSPS) is 17.1. The first-order valence-electron chi connectivity index (χ1n) is 10.4. The van der Waals surface area contributed by atoms with Crippen molar-refractivity contribution >= 4 is 5.91 Å². The number of carbonyl (C=O) groups excluding carboxylic acids is 1. The van der Waals surface area contributed by atoms with Gasteiger partial charge in [0.25, 0.3) is 0 Å². The lowest BCUT2D eigenvalue weighted by Gasteiger charge is -2.23. The van der Waals surface area contributed by atoms with Gasteiger partial charge < -0.3 is 19.4 Å². The Kier molecular flexibility index (Phi) is 5.71. The highest BCUT2D eigenvalue weighted by Gasteiger charge is 2.27. The van der Waals surface area contributed by atoms with Crippen LogP contribution in [0.3, 0.4) is 0 Å². The number of carbonyl (C=O) groups is 1. The molecule has 0 radical (unpaired) electrons. The second-order valence-electron chi connectivity index (χ2n) is 7.98. The van der Waals surface area contributed by atoms with Gasteiger partial charge in [0.15, 0.2) is 17.3 Å². The van der Waals surface area contributed by atoms with Gasteiger partial charge >= 0.3 is 0 Å². The lowest BCUT2D eigenvalue weighted by atomic mass is 10.0. The molecule has 3 heterocycles. The largest absolute Gasteiger partial charge is 0.454 e. The van der Waals surface area contributed by atoms with E-state index in [0.717, 1.165) is 55.7 Å². The van der Waals surface area contributed by atoms with Gasteiger partial charge in [-0.05, 0) is 23.6 Å². The van der Waals surface area contributed by atoms with Gasteiger partial charge in [0.05, 0.1) is 6.04 Å². The molecule has 8 nitrogen and oxygen atoms in total. The average Bonchev–Trinajstić information content (AvgIpc) is 3.29. The van der Waals surface area contributed by atoms with Gasteiger partial charge in [0.1, 0.15) is 5.82 Å². The lowest BCUT2D eigenvalue weighted by Crippen LogP contribution is -2.34. The average molecular weight is 399 g/mol. The van der Waals surface area contributed by atoms with Gasteiger partial charge in [0.2, 0.25) is 12.7 Å². The Morgan fingerprint density at radius 1 is 1.17 bits per heavy atom. The maximum absolute atomic E-state index is 12.0. The standard InChI is InChI=1S/C21H29N5O3/c1-4-19(27)22-20(14(2)3)21-24-23-18-7-8-25(9-10-26(18)21)12-15-5-6-16-17(11-15)29-13-28-16/h5-6,11,14,20H,4,7-10,12-13H2,1-3H3,(H,22,27)/t20-/m0/s1. The molecule has 1 amide bonds. The Bertz CT molecular complexity index is 879. The van der Waals surface area contributed by atoms with Gasteiger partial charge in [-0.25, -0.2) is 0 Å². The first kappa shape index (κ1) is 19.7. The van der Waals surface area contributed by atoms with E-state index in [9.17, 15) is 4.79 Å². The molecule has 0 bridgehead atoms. The summed E-state index contributed by atoms with van der Waals surface area (Å²) in [6.45, 7) is 9.85. The van der Waals surface area contributed by atoms with Crippen LogP contribution in [-0.2, 0) is 24.3 Å². The third-order valence-corrected chi connectivity index (χ3v) is 5.57. The minimum atomic E-state index is -0.121. The molecule has 1 aromatic carbocycles. The van der Waals surface area contributed by atoms with E-state index in [1.165, 1.54) is 5.56 Å².